The first kappa shape index (κ1) is 15.5. The molecule has 0 radical (unpaired) electrons. The summed E-state index contributed by atoms with van der Waals surface area (Å²) in [4.78, 5) is 4.86. The van der Waals surface area contributed by atoms with E-state index in [2.05, 4.69) is 25.1 Å². The van der Waals surface area contributed by atoms with Crippen molar-refractivity contribution in [2.45, 2.75) is 13.3 Å². The Morgan fingerprint density at radius 2 is 1.88 bits per heavy atom. The fraction of sp³-hybridized carbons (Fsp3) is 0.588. The molecule has 0 N–H and O–H groups in total. The van der Waals surface area contributed by atoms with Crippen molar-refractivity contribution >= 4 is 5.82 Å². The molecule has 4 rings (SSSR count). The van der Waals surface area contributed by atoms with Gasteiger partial charge >= 0.3 is 0 Å². The Kier molecular flexibility index (Phi) is 4.44. The number of hydrogen-bond donors (Lipinski definition) is 0. The Morgan fingerprint density at radius 1 is 1.08 bits per heavy atom. The number of aromatic nitrogens is 4. The highest BCUT2D eigenvalue weighted by Crippen LogP contribution is 2.17. The molecule has 7 nitrogen and oxygen atoms in total. The van der Waals surface area contributed by atoms with Crippen LogP contribution in [0.15, 0.2) is 24.4 Å². The molecule has 0 spiro atoms. The summed E-state index contributed by atoms with van der Waals surface area (Å²) in [5.74, 6) is 2.42. The Balaban J connectivity index is 1.33. The Morgan fingerprint density at radius 3 is 2.50 bits per heavy atom. The number of nitrogens with zero attached hydrogens (tertiary/aromatic N) is 6. The van der Waals surface area contributed by atoms with Crippen LogP contribution in [0.25, 0.3) is 5.82 Å². The highest BCUT2D eigenvalue weighted by atomic mass is 16.5. The fourth-order valence-corrected chi connectivity index (χ4v) is 3.40. The maximum absolute atomic E-state index is 5.48. The van der Waals surface area contributed by atoms with Gasteiger partial charge in [0.15, 0.2) is 11.6 Å². The molecule has 0 aliphatic carbocycles. The quantitative estimate of drug-likeness (QED) is 0.838. The first-order valence-electron chi connectivity index (χ1n) is 8.69. The second-order valence-electron chi connectivity index (χ2n) is 6.67. The zero-order valence-corrected chi connectivity index (χ0v) is 14.1. The van der Waals surface area contributed by atoms with Crippen molar-refractivity contribution in [2.24, 2.45) is 5.92 Å². The smallest absolute Gasteiger partial charge is 0.175 e. The van der Waals surface area contributed by atoms with Gasteiger partial charge in [0.1, 0.15) is 0 Å². The van der Waals surface area contributed by atoms with E-state index in [4.69, 9.17) is 4.74 Å². The molecule has 2 saturated heterocycles. The van der Waals surface area contributed by atoms with E-state index >= 15 is 0 Å². The lowest BCUT2D eigenvalue weighted by molar-refractivity contribution is 0.164. The zero-order chi connectivity index (χ0) is 16.4. The van der Waals surface area contributed by atoms with E-state index in [1.165, 1.54) is 6.42 Å². The lowest BCUT2D eigenvalue weighted by atomic mass is 10.1. The first-order valence-corrected chi connectivity index (χ1v) is 8.69. The fourth-order valence-electron chi connectivity index (χ4n) is 3.40. The van der Waals surface area contributed by atoms with Crippen LogP contribution in [0, 0.1) is 12.8 Å². The van der Waals surface area contributed by atoms with Crippen LogP contribution in [0.1, 0.15) is 12.1 Å². The Hall–Kier alpha value is -1.99. The molecule has 2 aliphatic rings. The Bertz CT molecular complexity index is 656. The predicted octanol–water partition coefficient (Wildman–Crippen LogP) is 1.13. The van der Waals surface area contributed by atoms with E-state index in [-0.39, 0.29) is 0 Å². The maximum Gasteiger partial charge on any atom is 0.175 e. The second-order valence-corrected chi connectivity index (χ2v) is 6.67. The van der Waals surface area contributed by atoms with Crippen LogP contribution in [-0.4, -0.2) is 70.8 Å². The molecule has 2 aromatic heterocycles. The number of piperazine rings is 1. The zero-order valence-electron chi connectivity index (χ0n) is 14.1. The molecule has 24 heavy (non-hydrogen) atoms. The number of aryl methyl sites for hydroxylation is 1. The van der Waals surface area contributed by atoms with Crippen LogP contribution >= 0.6 is 0 Å². The molecule has 2 aromatic rings. The molecular formula is C17H24N6O. The van der Waals surface area contributed by atoms with Crippen LogP contribution in [0.4, 0.5) is 5.82 Å². The van der Waals surface area contributed by atoms with Crippen molar-refractivity contribution in [3.63, 3.8) is 0 Å². The molecule has 2 aliphatic heterocycles. The predicted molar refractivity (Wildman–Crippen MR) is 91.5 cm³/mol. The molecule has 7 heteroatoms. The summed E-state index contributed by atoms with van der Waals surface area (Å²) < 4.78 is 7.23. The summed E-state index contributed by atoms with van der Waals surface area (Å²) in [5.41, 5.74) is 0.977. The highest BCUT2D eigenvalue weighted by molar-refractivity contribution is 5.40. The number of anilines is 1. The van der Waals surface area contributed by atoms with Gasteiger partial charge in [-0.05, 0) is 37.5 Å². The minimum Gasteiger partial charge on any atom is -0.381 e. The topological polar surface area (TPSA) is 59.3 Å². The molecule has 128 valence electrons. The average Bonchev–Trinajstić information content (AvgIpc) is 3.28. The lowest BCUT2D eigenvalue weighted by Crippen LogP contribution is -2.48. The molecule has 0 bridgehead atoms. The first-order chi connectivity index (χ1) is 11.8. The average molecular weight is 328 g/mol. The van der Waals surface area contributed by atoms with E-state index < -0.39 is 0 Å². The van der Waals surface area contributed by atoms with Gasteiger partial charge in [0.05, 0.1) is 12.3 Å². The molecule has 4 heterocycles. The van der Waals surface area contributed by atoms with Crippen molar-refractivity contribution < 1.29 is 4.74 Å². The van der Waals surface area contributed by atoms with Gasteiger partial charge in [0.25, 0.3) is 0 Å². The van der Waals surface area contributed by atoms with Gasteiger partial charge in [-0.25, -0.2) is 4.68 Å². The van der Waals surface area contributed by atoms with E-state index in [9.17, 15) is 0 Å². The number of hydrogen-bond acceptors (Lipinski definition) is 6. The van der Waals surface area contributed by atoms with E-state index in [0.717, 1.165) is 63.3 Å². The maximum atomic E-state index is 5.48. The SMILES string of the molecule is Cc1ccn(-c2ccc(N3CCN(CC4CCOC4)CC3)nn2)n1. The van der Waals surface area contributed by atoms with Crippen molar-refractivity contribution in [2.75, 3.05) is 50.8 Å². The van der Waals surface area contributed by atoms with Gasteiger partial charge in [-0.15, -0.1) is 10.2 Å². The third kappa shape index (κ3) is 3.42. The summed E-state index contributed by atoms with van der Waals surface area (Å²) >= 11 is 0. The van der Waals surface area contributed by atoms with Crippen molar-refractivity contribution in [3.8, 4) is 5.82 Å². The van der Waals surface area contributed by atoms with Crippen LogP contribution in [-0.2, 0) is 4.74 Å². The van der Waals surface area contributed by atoms with Gasteiger partial charge < -0.3 is 9.64 Å². The highest BCUT2D eigenvalue weighted by Gasteiger charge is 2.23. The minimum atomic E-state index is 0.716. The van der Waals surface area contributed by atoms with Crippen LogP contribution < -0.4 is 4.90 Å². The van der Waals surface area contributed by atoms with E-state index in [1.807, 2.05) is 31.3 Å². The van der Waals surface area contributed by atoms with Crippen LogP contribution in [0.5, 0.6) is 0 Å². The van der Waals surface area contributed by atoms with Crippen LogP contribution in [0.2, 0.25) is 0 Å². The van der Waals surface area contributed by atoms with Gasteiger partial charge in [-0.1, -0.05) is 0 Å². The normalized spacial score (nSPS) is 22.2. The second kappa shape index (κ2) is 6.86. The molecule has 0 saturated carbocycles. The molecule has 0 aromatic carbocycles. The summed E-state index contributed by atoms with van der Waals surface area (Å²) in [7, 11) is 0. The van der Waals surface area contributed by atoms with Gasteiger partial charge in [0, 0.05) is 45.5 Å². The molecule has 2 fully saturated rings. The van der Waals surface area contributed by atoms with Crippen LogP contribution in [0.3, 0.4) is 0 Å². The minimum absolute atomic E-state index is 0.716. The molecule has 1 unspecified atom stereocenters. The van der Waals surface area contributed by atoms with Gasteiger partial charge in [-0.3, -0.25) is 4.90 Å². The summed E-state index contributed by atoms with van der Waals surface area (Å²) in [6.07, 6.45) is 3.12. The largest absolute Gasteiger partial charge is 0.381 e. The standard InChI is InChI=1S/C17H24N6O/c1-14-4-6-23(20-14)17-3-2-16(18-19-17)22-9-7-21(8-10-22)12-15-5-11-24-13-15/h2-4,6,15H,5,7-13H2,1H3. The third-order valence-corrected chi connectivity index (χ3v) is 4.83. The Labute approximate surface area is 142 Å². The van der Waals surface area contributed by atoms with Gasteiger partial charge in [0.2, 0.25) is 0 Å². The van der Waals surface area contributed by atoms with Gasteiger partial charge in [-0.2, -0.15) is 5.10 Å². The van der Waals surface area contributed by atoms with Crippen molar-refractivity contribution in [1.82, 2.24) is 24.9 Å². The summed E-state index contributed by atoms with van der Waals surface area (Å²) in [5, 5.41) is 13.1. The number of rotatable bonds is 4. The van der Waals surface area contributed by atoms with E-state index in [0.29, 0.717) is 5.92 Å². The van der Waals surface area contributed by atoms with Crippen molar-refractivity contribution in [1.29, 1.82) is 0 Å². The molecule has 0 amide bonds. The summed E-state index contributed by atoms with van der Waals surface area (Å²) in [6, 6.07) is 5.99. The monoisotopic (exact) mass is 328 g/mol. The van der Waals surface area contributed by atoms with E-state index in [1.54, 1.807) is 4.68 Å². The third-order valence-electron chi connectivity index (χ3n) is 4.83. The van der Waals surface area contributed by atoms with Crippen molar-refractivity contribution in [3.05, 3.63) is 30.1 Å². The summed E-state index contributed by atoms with van der Waals surface area (Å²) in [6.45, 7) is 9.16. The lowest BCUT2D eigenvalue weighted by Gasteiger charge is -2.36. The molecule has 1 atom stereocenters. The number of ether oxygens (including phenoxy) is 1. The molecular weight excluding hydrogens is 304 g/mol.